The third-order valence-corrected chi connectivity index (χ3v) is 9.43. The van der Waals surface area contributed by atoms with Crippen LogP contribution in [0.25, 0.3) is 21.3 Å². The van der Waals surface area contributed by atoms with Crippen LogP contribution in [0.5, 0.6) is 0 Å². The quantitative estimate of drug-likeness (QED) is 0.325. The molecule has 0 saturated carbocycles. The molecule has 8 nitrogen and oxygen atoms in total. The molecular weight excluding hydrogens is 579 g/mol. The Morgan fingerprint density at radius 3 is 2.61 bits per heavy atom. The maximum Gasteiger partial charge on any atom is 0.262 e. The van der Waals surface area contributed by atoms with E-state index in [1.54, 1.807) is 5.38 Å². The number of likely N-dealkylation sites (tertiary alicyclic amines) is 1. The van der Waals surface area contributed by atoms with Gasteiger partial charge in [-0.25, -0.2) is 13.8 Å². The number of halogens is 4. The normalized spacial score (nSPS) is 17.4. The van der Waals surface area contributed by atoms with Crippen molar-refractivity contribution in [2.24, 2.45) is 0 Å². The Bertz CT molecular complexity index is 1680. The number of thiophene rings is 1. The second kappa shape index (κ2) is 10.9. The van der Waals surface area contributed by atoms with Crippen LogP contribution in [-0.4, -0.2) is 60.4 Å². The lowest BCUT2D eigenvalue weighted by Gasteiger charge is -2.38. The summed E-state index contributed by atoms with van der Waals surface area (Å²) in [5, 5.41) is 17.5. The molecule has 1 unspecified atom stereocenters. The zero-order valence-corrected chi connectivity index (χ0v) is 23.5. The maximum atomic E-state index is 13.6. The topological polar surface area (TPSA) is 93.2 Å². The zero-order valence-electron chi connectivity index (χ0n) is 21.9. The smallest absolute Gasteiger partial charge is 0.262 e. The molecule has 0 radical (unpaired) electrons. The van der Waals surface area contributed by atoms with Gasteiger partial charge in [-0.2, -0.15) is 4.39 Å². The average molecular weight is 606 g/mol. The minimum absolute atomic E-state index is 0.0200. The number of piperidine rings is 1. The van der Waals surface area contributed by atoms with Gasteiger partial charge in [0.2, 0.25) is 11.9 Å². The number of hydrogen-bond acceptors (Lipinski definition) is 6. The van der Waals surface area contributed by atoms with E-state index in [9.17, 15) is 27.9 Å². The van der Waals surface area contributed by atoms with Crippen molar-refractivity contribution < 1.29 is 23.1 Å². The number of nitrogens with zero attached hydrogens (tertiary/aromatic N) is 5. The van der Waals surface area contributed by atoms with Crippen LogP contribution < -0.4 is 5.56 Å². The van der Waals surface area contributed by atoms with Gasteiger partial charge in [0.05, 0.1) is 40.7 Å². The fourth-order valence-corrected chi connectivity index (χ4v) is 7.15. The molecule has 1 amide bonds. The molecule has 4 aromatic rings. The van der Waals surface area contributed by atoms with Crippen LogP contribution in [0.15, 0.2) is 40.9 Å². The van der Waals surface area contributed by atoms with Gasteiger partial charge in [0.25, 0.3) is 12.0 Å². The minimum Gasteiger partial charge on any atom is -0.388 e. The van der Waals surface area contributed by atoms with Crippen LogP contribution in [0.4, 0.5) is 13.2 Å². The molecule has 0 bridgehead atoms. The molecular formula is C28H27ClF3N5O3S. The zero-order chi connectivity index (χ0) is 28.9. The Kier molecular flexibility index (Phi) is 7.41. The van der Waals surface area contributed by atoms with Crippen LogP contribution in [-0.2, 0) is 24.2 Å². The predicted molar refractivity (Wildman–Crippen MR) is 149 cm³/mol. The first-order valence-corrected chi connectivity index (χ1v) is 14.6. The molecule has 2 aliphatic rings. The Morgan fingerprint density at radius 2 is 1.93 bits per heavy atom. The maximum absolute atomic E-state index is 13.6. The van der Waals surface area contributed by atoms with Crippen molar-refractivity contribution in [3.8, 4) is 10.4 Å². The number of aliphatic hydroxyl groups is 1. The molecule has 1 fully saturated rings. The summed E-state index contributed by atoms with van der Waals surface area (Å²) in [5.41, 5.74) is 2.39. The molecule has 1 aromatic carbocycles. The van der Waals surface area contributed by atoms with Gasteiger partial charge >= 0.3 is 0 Å². The van der Waals surface area contributed by atoms with E-state index in [0.717, 1.165) is 46.6 Å². The Hall–Kier alpha value is -3.22. The van der Waals surface area contributed by atoms with E-state index in [0.29, 0.717) is 15.9 Å². The monoisotopic (exact) mass is 605 g/mol. The van der Waals surface area contributed by atoms with Crippen molar-refractivity contribution in [3.63, 3.8) is 0 Å². The molecule has 0 spiro atoms. The van der Waals surface area contributed by atoms with E-state index in [2.05, 4.69) is 16.1 Å². The van der Waals surface area contributed by atoms with Crippen molar-refractivity contribution >= 4 is 39.7 Å². The highest BCUT2D eigenvalue weighted by atomic mass is 35.5. The summed E-state index contributed by atoms with van der Waals surface area (Å²) in [5.74, 6) is -1.44. The van der Waals surface area contributed by atoms with Gasteiger partial charge in [0.1, 0.15) is 6.04 Å². The van der Waals surface area contributed by atoms with E-state index in [4.69, 9.17) is 11.6 Å². The number of carbonyl (C=O) groups is 1. The second-order valence-electron chi connectivity index (χ2n) is 10.8. The number of benzene rings is 1. The minimum atomic E-state index is -2.91. The summed E-state index contributed by atoms with van der Waals surface area (Å²) in [7, 11) is 0. The van der Waals surface area contributed by atoms with E-state index in [1.807, 2.05) is 6.07 Å². The number of hydrogen-bond donors (Lipinski definition) is 1. The molecule has 1 aliphatic carbocycles. The molecule has 6 rings (SSSR count). The standard InChI is InChI=1S/C28H27ClF3N5O3S/c29-20-11-17-3-1-2-16(17)10-18(20)25-24-19(13-41-25)27(39)36(15-33-24)14-28(40)5-8-35(9-6-28)23(38)12-21(26(31)32)37-7-4-22(30)34-37/h4,7,10-11,13,15,21,26,40H,1-3,5-6,8-9,12,14H2. The first kappa shape index (κ1) is 27.9. The fourth-order valence-electron chi connectivity index (χ4n) is 5.79. The van der Waals surface area contributed by atoms with Gasteiger partial charge in [0.15, 0.2) is 0 Å². The Labute approximate surface area is 242 Å². The van der Waals surface area contributed by atoms with Crippen molar-refractivity contribution in [3.05, 3.63) is 68.6 Å². The van der Waals surface area contributed by atoms with Crippen molar-refractivity contribution in [2.45, 2.75) is 63.1 Å². The number of alkyl halides is 2. The average Bonchev–Trinajstić information content (AvgIpc) is 3.68. The second-order valence-corrected chi connectivity index (χ2v) is 12.1. The Balaban J connectivity index is 1.15. The van der Waals surface area contributed by atoms with E-state index in [-0.39, 0.29) is 38.0 Å². The largest absolute Gasteiger partial charge is 0.388 e. The third kappa shape index (κ3) is 5.40. The van der Waals surface area contributed by atoms with E-state index < -0.39 is 36.3 Å². The van der Waals surface area contributed by atoms with Crippen molar-refractivity contribution in [2.75, 3.05) is 13.1 Å². The van der Waals surface area contributed by atoms with Gasteiger partial charge in [0, 0.05) is 41.3 Å². The van der Waals surface area contributed by atoms with Crippen LogP contribution >= 0.6 is 22.9 Å². The van der Waals surface area contributed by atoms with Gasteiger partial charge in [-0.1, -0.05) is 11.6 Å². The number of carbonyl (C=O) groups excluding carboxylic acids is 1. The summed E-state index contributed by atoms with van der Waals surface area (Å²) >= 11 is 8.01. The molecule has 1 N–H and O–H groups in total. The molecule has 1 aliphatic heterocycles. The molecule has 3 aromatic heterocycles. The summed E-state index contributed by atoms with van der Waals surface area (Å²) < 4.78 is 42.5. The number of amides is 1. The number of aryl methyl sites for hydroxylation is 2. The lowest BCUT2D eigenvalue weighted by atomic mass is 9.91. The highest BCUT2D eigenvalue weighted by Crippen LogP contribution is 2.40. The number of rotatable bonds is 7. The number of fused-ring (bicyclic) bond motifs is 2. The molecule has 4 heterocycles. The Morgan fingerprint density at radius 1 is 1.20 bits per heavy atom. The summed E-state index contributed by atoms with van der Waals surface area (Å²) in [6.45, 7) is 0.235. The highest BCUT2D eigenvalue weighted by molar-refractivity contribution is 7.15. The van der Waals surface area contributed by atoms with Crippen molar-refractivity contribution in [1.82, 2.24) is 24.2 Å². The predicted octanol–water partition coefficient (Wildman–Crippen LogP) is 4.85. The van der Waals surface area contributed by atoms with Crippen LogP contribution in [0.2, 0.25) is 5.02 Å². The lowest BCUT2D eigenvalue weighted by Crippen LogP contribution is -2.50. The van der Waals surface area contributed by atoms with Gasteiger partial charge in [-0.05, 0) is 55.4 Å². The van der Waals surface area contributed by atoms with E-state index in [1.165, 1.54) is 38.3 Å². The molecule has 216 valence electrons. The molecule has 41 heavy (non-hydrogen) atoms. The summed E-state index contributed by atoms with van der Waals surface area (Å²) in [6, 6.07) is 3.46. The van der Waals surface area contributed by atoms with Gasteiger partial charge in [-0.3, -0.25) is 18.8 Å². The first-order valence-electron chi connectivity index (χ1n) is 13.4. The SMILES string of the molecule is O=C(CC(C(F)F)n1ccc(F)n1)N1CCC(O)(Cn2cnc3c(-c4cc5c(cc4Cl)CCC5)scc3c2=O)CC1. The van der Waals surface area contributed by atoms with E-state index >= 15 is 0 Å². The summed E-state index contributed by atoms with van der Waals surface area (Å²) in [6.07, 6.45) is 2.46. The van der Waals surface area contributed by atoms with Gasteiger partial charge in [-0.15, -0.1) is 16.4 Å². The van der Waals surface area contributed by atoms with Crippen LogP contribution in [0, 0.1) is 5.95 Å². The van der Waals surface area contributed by atoms with Crippen LogP contribution in [0.3, 0.4) is 0 Å². The van der Waals surface area contributed by atoms with Gasteiger partial charge < -0.3 is 10.0 Å². The molecule has 1 saturated heterocycles. The van der Waals surface area contributed by atoms with Crippen molar-refractivity contribution in [1.29, 1.82) is 0 Å². The van der Waals surface area contributed by atoms with Crippen LogP contribution in [0.1, 0.15) is 42.9 Å². The first-order chi connectivity index (χ1) is 19.6. The fraction of sp³-hybridized carbons (Fsp3) is 0.429. The summed E-state index contributed by atoms with van der Waals surface area (Å²) in [4.78, 5) is 32.9. The highest BCUT2D eigenvalue weighted by Gasteiger charge is 2.36. The molecule has 13 heteroatoms. The number of aromatic nitrogens is 4. The lowest BCUT2D eigenvalue weighted by molar-refractivity contribution is -0.138. The molecule has 1 atom stereocenters. The third-order valence-electron chi connectivity index (χ3n) is 8.11.